The van der Waals surface area contributed by atoms with Gasteiger partial charge in [-0.25, -0.2) is 0 Å². The standard InChI is InChI=1S/C15H27NO3/c1-5-6-12(4)9-13(17)16-8-7-15(10-16,11(2)3)14(18)19/h11-12H,5-10H2,1-4H3,(H,18,19). The average Bonchev–Trinajstić information content (AvgIpc) is 2.75. The number of carbonyl (C=O) groups is 2. The molecule has 1 aliphatic heterocycles. The lowest BCUT2D eigenvalue weighted by Gasteiger charge is -2.29. The molecule has 1 fully saturated rings. The van der Waals surface area contributed by atoms with Crippen molar-refractivity contribution >= 4 is 11.9 Å². The topological polar surface area (TPSA) is 57.6 Å². The monoisotopic (exact) mass is 269 g/mol. The molecule has 0 aromatic carbocycles. The lowest BCUT2D eigenvalue weighted by molar-refractivity contribution is -0.151. The Balaban J connectivity index is 2.64. The first-order valence-corrected chi connectivity index (χ1v) is 7.34. The van der Waals surface area contributed by atoms with Gasteiger partial charge in [-0.2, -0.15) is 0 Å². The van der Waals surface area contributed by atoms with E-state index >= 15 is 0 Å². The highest BCUT2D eigenvalue weighted by Crippen LogP contribution is 2.38. The molecule has 4 heteroatoms. The van der Waals surface area contributed by atoms with E-state index in [0.29, 0.717) is 31.8 Å². The van der Waals surface area contributed by atoms with Gasteiger partial charge in [0.05, 0.1) is 5.41 Å². The van der Waals surface area contributed by atoms with Crippen LogP contribution in [0, 0.1) is 17.3 Å². The van der Waals surface area contributed by atoms with E-state index in [1.54, 1.807) is 4.90 Å². The molecular weight excluding hydrogens is 242 g/mol. The fourth-order valence-electron chi connectivity index (χ4n) is 2.96. The van der Waals surface area contributed by atoms with Gasteiger partial charge in [0.2, 0.25) is 5.91 Å². The number of aliphatic carboxylic acids is 1. The molecule has 2 unspecified atom stereocenters. The first-order valence-electron chi connectivity index (χ1n) is 7.34. The van der Waals surface area contributed by atoms with Crippen LogP contribution in [0.15, 0.2) is 0 Å². The largest absolute Gasteiger partial charge is 0.481 e. The van der Waals surface area contributed by atoms with E-state index in [0.717, 1.165) is 12.8 Å². The van der Waals surface area contributed by atoms with Crippen LogP contribution in [0.2, 0.25) is 0 Å². The van der Waals surface area contributed by atoms with E-state index in [2.05, 4.69) is 13.8 Å². The maximum Gasteiger partial charge on any atom is 0.311 e. The molecular formula is C15H27NO3. The van der Waals surface area contributed by atoms with Gasteiger partial charge < -0.3 is 10.0 Å². The van der Waals surface area contributed by atoms with Crippen LogP contribution in [-0.4, -0.2) is 35.0 Å². The highest BCUT2D eigenvalue weighted by atomic mass is 16.4. The molecule has 110 valence electrons. The molecule has 0 saturated carbocycles. The second kappa shape index (κ2) is 6.40. The van der Waals surface area contributed by atoms with Crippen molar-refractivity contribution in [3.63, 3.8) is 0 Å². The number of nitrogens with zero attached hydrogens (tertiary/aromatic N) is 1. The molecule has 0 aliphatic carbocycles. The van der Waals surface area contributed by atoms with E-state index in [4.69, 9.17) is 0 Å². The number of rotatable bonds is 6. The Bertz CT molecular complexity index is 340. The summed E-state index contributed by atoms with van der Waals surface area (Å²) >= 11 is 0. The van der Waals surface area contributed by atoms with Gasteiger partial charge in [-0.1, -0.05) is 40.5 Å². The first-order chi connectivity index (χ1) is 8.83. The van der Waals surface area contributed by atoms with Crippen LogP contribution < -0.4 is 0 Å². The molecule has 1 aliphatic rings. The van der Waals surface area contributed by atoms with Gasteiger partial charge in [0.25, 0.3) is 0 Å². The van der Waals surface area contributed by atoms with Crippen molar-refractivity contribution in [2.45, 2.75) is 53.4 Å². The van der Waals surface area contributed by atoms with Crippen molar-refractivity contribution in [1.82, 2.24) is 4.90 Å². The third-order valence-electron chi connectivity index (χ3n) is 4.49. The molecule has 2 atom stereocenters. The van der Waals surface area contributed by atoms with Gasteiger partial charge in [-0.3, -0.25) is 9.59 Å². The molecule has 0 aromatic heterocycles. The summed E-state index contributed by atoms with van der Waals surface area (Å²) in [5, 5.41) is 9.46. The molecule has 1 amide bonds. The second-order valence-corrected chi connectivity index (χ2v) is 6.28. The Hall–Kier alpha value is -1.06. The Labute approximate surface area is 116 Å². The van der Waals surface area contributed by atoms with Crippen molar-refractivity contribution in [2.75, 3.05) is 13.1 Å². The summed E-state index contributed by atoms with van der Waals surface area (Å²) in [4.78, 5) is 25.5. The van der Waals surface area contributed by atoms with Crippen molar-refractivity contribution in [3.8, 4) is 0 Å². The number of hydrogen-bond donors (Lipinski definition) is 1. The second-order valence-electron chi connectivity index (χ2n) is 6.28. The van der Waals surface area contributed by atoms with Gasteiger partial charge in [0, 0.05) is 19.5 Å². The Morgan fingerprint density at radius 3 is 2.37 bits per heavy atom. The summed E-state index contributed by atoms with van der Waals surface area (Å²) < 4.78 is 0. The molecule has 1 saturated heterocycles. The van der Waals surface area contributed by atoms with Crippen LogP contribution in [0.4, 0.5) is 0 Å². The van der Waals surface area contributed by atoms with E-state index in [1.807, 2.05) is 13.8 Å². The minimum Gasteiger partial charge on any atom is -0.481 e. The van der Waals surface area contributed by atoms with Crippen LogP contribution >= 0.6 is 0 Å². The zero-order chi connectivity index (χ0) is 14.6. The lowest BCUT2D eigenvalue weighted by atomic mass is 9.76. The summed E-state index contributed by atoms with van der Waals surface area (Å²) in [5.74, 6) is -0.212. The maximum absolute atomic E-state index is 12.2. The molecule has 0 spiro atoms. The quantitative estimate of drug-likeness (QED) is 0.806. The zero-order valence-electron chi connectivity index (χ0n) is 12.6. The summed E-state index contributed by atoms with van der Waals surface area (Å²) in [6, 6.07) is 0. The Kier molecular flexibility index (Phi) is 5.39. The summed E-state index contributed by atoms with van der Waals surface area (Å²) in [6.07, 6.45) is 3.25. The van der Waals surface area contributed by atoms with Crippen molar-refractivity contribution in [2.24, 2.45) is 17.3 Å². The molecule has 1 rings (SSSR count). The van der Waals surface area contributed by atoms with Crippen LogP contribution in [0.1, 0.15) is 53.4 Å². The molecule has 1 N–H and O–H groups in total. The van der Waals surface area contributed by atoms with E-state index in [-0.39, 0.29) is 11.8 Å². The fraction of sp³-hybridized carbons (Fsp3) is 0.867. The van der Waals surface area contributed by atoms with Gasteiger partial charge >= 0.3 is 5.97 Å². The maximum atomic E-state index is 12.2. The molecule has 4 nitrogen and oxygen atoms in total. The molecule has 1 heterocycles. The lowest BCUT2D eigenvalue weighted by Crippen LogP contribution is -2.40. The van der Waals surface area contributed by atoms with E-state index in [1.165, 1.54) is 0 Å². The van der Waals surface area contributed by atoms with Crippen molar-refractivity contribution < 1.29 is 14.7 Å². The highest BCUT2D eigenvalue weighted by Gasteiger charge is 2.48. The third-order valence-corrected chi connectivity index (χ3v) is 4.49. The SMILES string of the molecule is CCCC(C)CC(=O)N1CCC(C(=O)O)(C(C)C)C1. The number of amides is 1. The highest BCUT2D eigenvalue weighted by molar-refractivity contribution is 5.81. The molecule has 0 bridgehead atoms. The van der Waals surface area contributed by atoms with Gasteiger partial charge in [-0.15, -0.1) is 0 Å². The number of hydrogen-bond acceptors (Lipinski definition) is 2. The molecule has 0 radical (unpaired) electrons. The molecule has 19 heavy (non-hydrogen) atoms. The predicted molar refractivity (Wildman–Crippen MR) is 74.8 cm³/mol. The van der Waals surface area contributed by atoms with Crippen molar-refractivity contribution in [3.05, 3.63) is 0 Å². The van der Waals surface area contributed by atoms with Crippen molar-refractivity contribution in [1.29, 1.82) is 0 Å². The number of likely N-dealkylation sites (tertiary alicyclic amines) is 1. The minimum absolute atomic E-state index is 0.0517. The normalized spacial score (nSPS) is 24.8. The number of carbonyl (C=O) groups excluding carboxylic acids is 1. The summed E-state index contributed by atoms with van der Waals surface area (Å²) in [6.45, 7) is 9.03. The van der Waals surface area contributed by atoms with E-state index < -0.39 is 11.4 Å². The Morgan fingerprint density at radius 2 is 1.95 bits per heavy atom. The van der Waals surface area contributed by atoms with Crippen LogP contribution in [0.25, 0.3) is 0 Å². The number of carboxylic acids is 1. The zero-order valence-corrected chi connectivity index (χ0v) is 12.6. The fourth-order valence-corrected chi connectivity index (χ4v) is 2.96. The minimum atomic E-state index is -0.764. The van der Waals surface area contributed by atoms with Gasteiger partial charge in [-0.05, 0) is 18.3 Å². The first kappa shape index (κ1) is 16.0. The smallest absolute Gasteiger partial charge is 0.311 e. The summed E-state index contributed by atoms with van der Waals surface area (Å²) in [7, 11) is 0. The van der Waals surface area contributed by atoms with Gasteiger partial charge in [0.1, 0.15) is 0 Å². The van der Waals surface area contributed by atoms with Gasteiger partial charge in [0.15, 0.2) is 0 Å². The van der Waals surface area contributed by atoms with Crippen LogP contribution in [0.3, 0.4) is 0 Å². The summed E-state index contributed by atoms with van der Waals surface area (Å²) in [5.41, 5.74) is -0.746. The van der Waals surface area contributed by atoms with E-state index in [9.17, 15) is 14.7 Å². The predicted octanol–water partition coefficient (Wildman–Crippen LogP) is 2.77. The average molecular weight is 269 g/mol. The third kappa shape index (κ3) is 3.48. The molecule has 0 aromatic rings. The van der Waals surface area contributed by atoms with Crippen LogP contribution in [0.5, 0.6) is 0 Å². The number of carboxylic acid groups (broad SMARTS) is 1. The Morgan fingerprint density at radius 1 is 1.32 bits per heavy atom. The van der Waals surface area contributed by atoms with Crippen LogP contribution in [-0.2, 0) is 9.59 Å².